The third-order valence-corrected chi connectivity index (χ3v) is 5.16. The second-order valence-corrected chi connectivity index (χ2v) is 9.07. The number of ether oxygens (including phenoxy) is 1. The predicted molar refractivity (Wildman–Crippen MR) is 107 cm³/mol. The topological polar surface area (TPSA) is 60.2 Å². The molecule has 3 heterocycles. The zero-order valence-electron chi connectivity index (χ0n) is 17.8. The molecule has 0 spiro atoms. The first-order chi connectivity index (χ1) is 12.5. The summed E-state index contributed by atoms with van der Waals surface area (Å²) in [5, 5.41) is 5.61. The van der Waals surface area contributed by atoms with Crippen molar-refractivity contribution in [2.45, 2.75) is 79.0 Å². The molecule has 27 heavy (non-hydrogen) atoms. The monoisotopic (exact) mass is 372 g/mol. The normalized spacial score (nSPS) is 21.3. The highest BCUT2D eigenvalue weighted by atomic mass is 16.5. The standard InChI is InChI=1S/C21H32N4O2/c1-12(2)17-9-16(20(26)24-10-14(4)27-11-13(24)3)18-15(5)23-25(19(18)22-17)21(6,7)8/h9,12-14H,10-11H2,1-8H3. The molecule has 1 fully saturated rings. The summed E-state index contributed by atoms with van der Waals surface area (Å²) in [4.78, 5) is 20.4. The van der Waals surface area contributed by atoms with Gasteiger partial charge in [-0.15, -0.1) is 0 Å². The van der Waals surface area contributed by atoms with E-state index < -0.39 is 0 Å². The number of aryl methyl sites for hydroxylation is 1. The molecule has 6 nitrogen and oxygen atoms in total. The van der Waals surface area contributed by atoms with Crippen LogP contribution in [0.5, 0.6) is 0 Å². The molecule has 1 saturated heterocycles. The summed E-state index contributed by atoms with van der Waals surface area (Å²) in [6.07, 6.45) is 0.0467. The van der Waals surface area contributed by atoms with Crippen LogP contribution >= 0.6 is 0 Å². The molecule has 1 amide bonds. The highest BCUT2D eigenvalue weighted by molar-refractivity contribution is 6.06. The molecular weight excluding hydrogens is 340 g/mol. The molecule has 148 valence electrons. The minimum atomic E-state index is -0.212. The zero-order chi connectivity index (χ0) is 20.1. The first-order valence-corrected chi connectivity index (χ1v) is 9.84. The lowest BCUT2D eigenvalue weighted by Crippen LogP contribution is -2.50. The summed E-state index contributed by atoms with van der Waals surface area (Å²) < 4.78 is 7.66. The second-order valence-electron chi connectivity index (χ2n) is 9.07. The van der Waals surface area contributed by atoms with Gasteiger partial charge in [-0.05, 0) is 53.5 Å². The fraction of sp³-hybridized carbons (Fsp3) is 0.667. The van der Waals surface area contributed by atoms with Gasteiger partial charge in [-0.2, -0.15) is 5.10 Å². The number of rotatable bonds is 2. The van der Waals surface area contributed by atoms with Crippen LogP contribution in [-0.4, -0.2) is 50.9 Å². The van der Waals surface area contributed by atoms with Crippen LogP contribution in [0.15, 0.2) is 6.07 Å². The lowest BCUT2D eigenvalue weighted by molar-refractivity contribution is -0.0386. The Morgan fingerprint density at radius 3 is 2.56 bits per heavy atom. The van der Waals surface area contributed by atoms with E-state index in [1.54, 1.807) is 0 Å². The number of morpholine rings is 1. The average molecular weight is 373 g/mol. The van der Waals surface area contributed by atoms with Crippen molar-refractivity contribution in [3.05, 3.63) is 23.0 Å². The molecule has 0 aromatic carbocycles. The Balaban J connectivity index is 2.22. The Kier molecular flexibility index (Phi) is 5.06. The highest BCUT2D eigenvalue weighted by Crippen LogP contribution is 2.30. The van der Waals surface area contributed by atoms with E-state index in [9.17, 15) is 4.79 Å². The molecule has 0 N–H and O–H groups in total. The van der Waals surface area contributed by atoms with Crippen molar-refractivity contribution < 1.29 is 9.53 Å². The highest BCUT2D eigenvalue weighted by Gasteiger charge is 2.32. The molecule has 0 aliphatic carbocycles. The number of carbonyl (C=O) groups excluding carboxylic acids is 1. The first-order valence-electron chi connectivity index (χ1n) is 9.84. The molecule has 2 atom stereocenters. The number of hydrogen-bond acceptors (Lipinski definition) is 4. The van der Waals surface area contributed by atoms with Gasteiger partial charge in [-0.25, -0.2) is 9.67 Å². The van der Waals surface area contributed by atoms with E-state index in [1.807, 2.05) is 36.4 Å². The van der Waals surface area contributed by atoms with Crippen molar-refractivity contribution in [3.63, 3.8) is 0 Å². The maximum atomic E-state index is 13.6. The molecule has 1 aliphatic heterocycles. The molecule has 1 aliphatic rings. The smallest absolute Gasteiger partial charge is 0.255 e. The summed E-state index contributed by atoms with van der Waals surface area (Å²) >= 11 is 0. The summed E-state index contributed by atoms with van der Waals surface area (Å²) in [5.41, 5.74) is 3.06. The second kappa shape index (κ2) is 6.89. The molecule has 2 aromatic heterocycles. The van der Waals surface area contributed by atoms with Crippen molar-refractivity contribution in [2.75, 3.05) is 13.2 Å². The molecule has 0 saturated carbocycles. The number of pyridine rings is 1. The van der Waals surface area contributed by atoms with Crippen LogP contribution in [0.25, 0.3) is 11.0 Å². The van der Waals surface area contributed by atoms with Gasteiger partial charge in [0, 0.05) is 12.2 Å². The Hall–Kier alpha value is -1.95. The van der Waals surface area contributed by atoms with Crippen molar-refractivity contribution in [1.29, 1.82) is 0 Å². The number of hydrogen-bond donors (Lipinski definition) is 0. The molecule has 6 heteroatoms. The van der Waals surface area contributed by atoms with Gasteiger partial charge in [0.1, 0.15) is 0 Å². The van der Waals surface area contributed by atoms with Crippen LogP contribution in [0.2, 0.25) is 0 Å². The maximum absolute atomic E-state index is 13.6. The van der Waals surface area contributed by atoms with E-state index in [4.69, 9.17) is 14.8 Å². The van der Waals surface area contributed by atoms with Gasteiger partial charge in [0.15, 0.2) is 5.65 Å². The van der Waals surface area contributed by atoms with E-state index in [2.05, 4.69) is 34.6 Å². The van der Waals surface area contributed by atoms with E-state index in [-0.39, 0.29) is 29.5 Å². The summed E-state index contributed by atoms with van der Waals surface area (Å²) in [5.74, 6) is 0.272. The minimum Gasteiger partial charge on any atom is -0.375 e. The quantitative estimate of drug-likeness (QED) is 0.803. The van der Waals surface area contributed by atoms with Crippen LogP contribution in [0.1, 0.15) is 76.1 Å². The van der Waals surface area contributed by atoms with E-state index in [0.717, 1.165) is 22.4 Å². The molecular formula is C21H32N4O2. The molecule has 0 radical (unpaired) electrons. The first kappa shape index (κ1) is 19.8. The molecule has 2 unspecified atom stereocenters. The minimum absolute atomic E-state index is 0.0449. The molecule has 3 rings (SSSR count). The third-order valence-electron chi connectivity index (χ3n) is 5.16. The third kappa shape index (κ3) is 3.59. The average Bonchev–Trinajstić information content (AvgIpc) is 2.93. The van der Waals surface area contributed by atoms with Crippen LogP contribution in [0.4, 0.5) is 0 Å². The van der Waals surface area contributed by atoms with Gasteiger partial charge in [0.05, 0.1) is 40.9 Å². The van der Waals surface area contributed by atoms with Crippen LogP contribution in [-0.2, 0) is 10.3 Å². The van der Waals surface area contributed by atoms with Crippen LogP contribution in [0, 0.1) is 6.92 Å². The van der Waals surface area contributed by atoms with Crippen LogP contribution < -0.4 is 0 Å². The Bertz CT molecular complexity index is 863. The predicted octanol–water partition coefficient (Wildman–Crippen LogP) is 3.87. The number of carbonyl (C=O) groups is 1. The largest absolute Gasteiger partial charge is 0.375 e. The van der Waals surface area contributed by atoms with Gasteiger partial charge < -0.3 is 9.64 Å². The fourth-order valence-corrected chi connectivity index (χ4v) is 3.58. The summed E-state index contributed by atoms with van der Waals surface area (Å²) in [6.45, 7) is 17.7. The summed E-state index contributed by atoms with van der Waals surface area (Å²) in [6, 6.07) is 2.02. The van der Waals surface area contributed by atoms with Crippen molar-refractivity contribution in [3.8, 4) is 0 Å². The SMILES string of the molecule is Cc1nn(C(C)(C)C)c2nc(C(C)C)cc(C(=O)N3CC(C)OCC3C)c12. The summed E-state index contributed by atoms with van der Waals surface area (Å²) in [7, 11) is 0. The van der Waals surface area contributed by atoms with E-state index in [0.29, 0.717) is 18.7 Å². The van der Waals surface area contributed by atoms with Crippen molar-refractivity contribution in [2.24, 2.45) is 0 Å². The van der Waals surface area contributed by atoms with Gasteiger partial charge in [0.25, 0.3) is 5.91 Å². The van der Waals surface area contributed by atoms with Crippen molar-refractivity contribution >= 4 is 16.9 Å². The lowest BCUT2D eigenvalue weighted by atomic mass is 10.0. The van der Waals surface area contributed by atoms with Gasteiger partial charge in [0.2, 0.25) is 0 Å². The van der Waals surface area contributed by atoms with Gasteiger partial charge >= 0.3 is 0 Å². The Morgan fingerprint density at radius 1 is 1.30 bits per heavy atom. The number of aromatic nitrogens is 3. The lowest BCUT2D eigenvalue weighted by Gasteiger charge is -2.37. The van der Waals surface area contributed by atoms with Gasteiger partial charge in [-0.1, -0.05) is 13.8 Å². The van der Waals surface area contributed by atoms with Crippen LogP contribution in [0.3, 0.4) is 0 Å². The zero-order valence-corrected chi connectivity index (χ0v) is 17.8. The fourth-order valence-electron chi connectivity index (χ4n) is 3.58. The molecule has 0 bridgehead atoms. The number of amides is 1. The Labute approximate surface area is 161 Å². The van der Waals surface area contributed by atoms with E-state index in [1.165, 1.54) is 0 Å². The number of nitrogens with zero attached hydrogens (tertiary/aromatic N) is 4. The molecule has 2 aromatic rings. The van der Waals surface area contributed by atoms with Crippen molar-refractivity contribution in [1.82, 2.24) is 19.7 Å². The number of fused-ring (bicyclic) bond motifs is 1. The van der Waals surface area contributed by atoms with E-state index >= 15 is 0 Å². The van der Waals surface area contributed by atoms with Gasteiger partial charge in [-0.3, -0.25) is 4.79 Å². The maximum Gasteiger partial charge on any atom is 0.255 e. The Morgan fingerprint density at radius 2 is 1.96 bits per heavy atom.